The third-order valence-corrected chi connectivity index (χ3v) is 5.14. The minimum atomic E-state index is -1.12. The summed E-state index contributed by atoms with van der Waals surface area (Å²) in [5, 5.41) is 8.76. The van der Waals surface area contributed by atoms with Crippen LogP contribution in [0.5, 0.6) is 5.75 Å². The van der Waals surface area contributed by atoms with Crippen LogP contribution in [0.2, 0.25) is 15.1 Å². The van der Waals surface area contributed by atoms with Gasteiger partial charge in [-0.1, -0.05) is 59.1 Å². The van der Waals surface area contributed by atoms with E-state index < -0.39 is 29.2 Å². The molecule has 1 N–H and O–H groups in total. The molecule has 0 bridgehead atoms. The third kappa shape index (κ3) is 5.18. The zero-order valence-electron chi connectivity index (χ0n) is 14.7. The summed E-state index contributed by atoms with van der Waals surface area (Å²) in [6.07, 6.45) is 0.350. The summed E-state index contributed by atoms with van der Waals surface area (Å²) < 4.78 is 32.6. The molecule has 0 spiro atoms. The Labute approximate surface area is 180 Å². The predicted molar refractivity (Wildman–Crippen MR) is 109 cm³/mol. The zero-order chi connectivity index (χ0) is 21.1. The number of benzene rings is 3. The van der Waals surface area contributed by atoms with Crippen LogP contribution in [-0.4, -0.2) is 17.7 Å². The van der Waals surface area contributed by atoms with Crippen LogP contribution in [-0.2, 0) is 11.2 Å². The summed E-state index contributed by atoms with van der Waals surface area (Å²) >= 11 is 18.1. The van der Waals surface area contributed by atoms with Gasteiger partial charge in [-0.05, 0) is 46.5 Å². The smallest absolute Gasteiger partial charge is 0.341 e. The Kier molecular flexibility index (Phi) is 6.63. The minimum absolute atomic E-state index is 0.243. The van der Waals surface area contributed by atoms with E-state index in [1.54, 1.807) is 18.2 Å². The Morgan fingerprint density at radius 3 is 2.14 bits per heavy atom. The molecule has 0 saturated heterocycles. The molecule has 0 aromatic heterocycles. The topological polar surface area (TPSA) is 46.5 Å². The molecule has 0 heterocycles. The summed E-state index contributed by atoms with van der Waals surface area (Å²) in [6.45, 7) is -0.512. The number of carbonyl (C=O) groups is 1. The Balaban J connectivity index is 1.88. The molecule has 0 atom stereocenters. The molecule has 0 radical (unpaired) electrons. The van der Waals surface area contributed by atoms with Crippen molar-refractivity contribution in [3.05, 3.63) is 86.4 Å². The number of ether oxygens (including phenoxy) is 1. The number of aliphatic carboxylic acids is 1. The quantitative estimate of drug-likeness (QED) is 0.422. The van der Waals surface area contributed by atoms with Crippen LogP contribution in [0.1, 0.15) is 11.1 Å². The zero-order valence-corrected chi connectivity index (χ0v) is 17.0. The van der Waals surface area contributed by atoms with Crippen LogP contribution in [0.15, 0.2) is 48.5 Å². The van der Waals surface area contributed by atoms with Gasteiger partial charge >= 0.3 is 5.97 Å². The number of carboxylic acids is 1. The van der Waals surface area contributed by atoms with E-state index in [9.17, 15) is 13.6 Å². The monoisotopic (exact) mass is 456 g/mol. The number of hydrogen-bond acceptors (Lipinski definition) is 2. The van der Waals surface area contributed by atoms with Crippen molar-refractivity contribution in [1.29, 1.82) is 0 Å². The number of carboxylic acid groups (broad SMARTS) is 1. The maximum Gasteiger partial charge on any atom is 0.341 e. The lowest BCUT2D eigenvalue weighted by Gasteiger charge is -2.12. The van der Waals surface area contributed by atoms with Gasteiger partial charge in [-0.3, -0.25) is 0 Å². The Hall–Kier alpha value is -2.34. The summed E-state index contributed by atoms with van der Waals surface area (Å²) in [4.78, 5) is 10.6. The summed E-state index contributed by atoms with van der Waals surface area (Å²) in [5.41, 5.74) is 2.37. The Morgan fingerprint density at radius 2 is 1.55 bits per heavy atom. The summed E-state index contributed by atoms with van der Waals surface area (Å²) in [5.74, 6) is -2.55. The van der Waals surface area contributed by atoms with E-state index in [1.165, 1.54) is 24.3 Å². The van der Waals surface area contributed by atoms with Gasteiger partial charge < -0.3 is 9.84 Å². The van der Waals surface area contributed by atoms with Gasteiger partial charge in [-0.25, -0.2) is 13.6 Å². The highest BCUT2D eigenvalue weighted by Gasteiger charge is 2.13. The molecule has 3 rings (SSSR count). The molecule has 3 aromatic rings. The first-order valence-electron chi connectivity index (χ1n) is 8.31. The molecule has 150 valence electrons. The second-order valence-electron chi connectivity index (χ2n) is 6.18. The van der Waals surface area contributed by atoms with Gasteiger partial charge in [0, 0.05) is 16.5 Å². The van der Waals surface area contributed by atoms with Crippen molar-refractivity contribution < 1.29 is 23.4 Å². The first-order chi connectivity index (χ1) is 13.7. The van der Waals surface area contributed by atoms with Crippen LogP contribution in [0.4, 0.5) is 8.78 Å². The van der Waals surface area contributed by atoms with E-state index in [1.807, 2.05) is 6.07 Å². The van der Waals surface area contributed by atoms with Crippen molar-refractivity contribution in [2.45, 2.75) is 6.42 Å². The highest BCUT2D eigenvalue weighted by Crippen LogP contribution is 2.33. The van der Waals surface area contributed by atoms with E-state index in [4.69, 9.17) is 44.6 Å². The highest BCUT2D eigenvalue weighted by atomic mass is 35.5. The van der Waals surface area contributed by atoms with Crippen molar-refractivity contribution >= 4 is 40.8 Å². The fraction of sp³-hybridized carbons (Fsp3) is 0.0952. The van der Waals surface area contributed by atoms with E-state index in [0.717, 1.165) is 5.56 Å². The van der Waals surface area contributed by atoms with Crippen LogP contribution in [0, 0.1) is 11.6 Å². The largest absolute Gasteiger partial charge is 0.482 e. The molecule has 0 aliphatic heterocycles. The number of hydrogen-bond donors (Lipinski definition) is 1. The Bertz CT molecular complexity index is 1040. The summed E-state index contributed by atoms with van der Waals surface area (Å²) in [7, 11) is 0. The molecule has 3 nitrogen and oxygen atoms in total. The van der Waals surface area contributed by atoms with E-state index in [2.05, 4.69) is 0 Å². The van der Waals surface area contributed by atoms with Crippen LogP contribution < -0.4 is 4.74 Å². The first kappa shape index (κ1) is 21.4. The van der Waals surface area contributed by atoms with Gasteiger partial charge in [0.05, 0.1) is 0 Å². The molecule has 3 aromatic carbocycles. The average molecular weight is 458 g/mol. The minimum Gasteiger partial charge on any atom is -0.482 e. The van der Waals surface area contributed by atoms with Crippen molar-refractivity contribution in [1.82, 2.24) is 0 Å². The van der Waals surface area contributed by atoms with Gasteiger partial charge in [0.2, 0.25) is 0 Å². The molecule has 8 heteroatoms. The molecular formula is C21H13Cl3F2O3. The lowest BCUT2D eigenvalue weighted by molar-refractivity contribution is -0.139. The molecule has 29 heavy (non-hydrogen) atoms. The maximum atomic E-state index is 13.8. The van der Waals surface area contributed by atoms with Crippen molar-refractivity contribution in [3.8, 4) is 16.9 Å². The van der Waals surface area contributed by atoms with Gasteiger partial charge in [-0.15, -0.1) is 0 Å². The molecular weight excluding hydrogens is 445 g/mol. The van der Waals surface area contributed by atoms with Crippen molar-refractivity contribution in [2.75, 3.05) is 6.61 Å². The second kappa shape index (κ2) is 8.99. The molecule has 0 unspecified atom stereocenters. The van der Waals surface area contributed by atoms with Crippen molar-refractivity contribution in [3.63, 3.8) is 0 Å². The fourth-order valence-corrected chi connectivity index (χ4v) is 3.47. The van der Waals surface area contributed by atoms with Gasteiger partial charge in [0.25, 0.3) is 0 Å². The molecule has 0 aliphatic carbocycles. The van der Waals surface area contributed by atoms with Gasteiger partial charge in [0.1, 0.15) is 22.4 Å². The SMILES string of the molecule is O=C(O)COc1cc(Cl)c(Cc2cccc(-c3cc(F)c(Cl)c(F)c3)c2)c(Cl)c1. The normalized spacial score (nSPS) is 10.8. The standard InChI is InChI=1S/C21H13Cl3F2O3/c22-16-8-14(29-10-20(27)28)9-17(23)15(16)5-11-2-1-3-12(4-11)13-6-18(25)21(24)19(26)7-13/h1-4,6-9H,5,10H2,(H,27,28). The predicted octanol–water partition coefficient (Wildman–Crippen LogP) is 6.65. The molecule has 0 saturated carbocycles. The van der Waals surface area contributed by atoms with Crippen LogP contribution in [0.25, 0.3) is 11.1 Å². The van der Waals surface area contributed by atoms with Crippen molar-refractivity contribution in [2.24, 2.45) is 0 Å². The van der Waals surface area contributed by atoms with Gasteiger partial charge in [-0.2, -0.15) is 0 Å². The van der Waals surface area contributed by atoms with Crippen LogP contribution in [0.3, 0.4) is 0 Å². The summed E-state index contributed by atoms with van der Waals surface area (Å²) in [6, 6.07) is 12.4. The molecule has 0 fully saturated rings. The fourth-order valence-electron chi connectivity index (χ4n) is 2.76. The maximum absolute atomic E-state index is 13.8. The number of halogens is 5. The lowest BCUT2D eigenvalue weighted by atomic mass is 9.99. The van der Waals surface area contributed by atoms with Gasteiger partial charge in [0.15, 0.2) is 6.61 Å². The lowest BCUT2D eigenvalue weighted by Crippen LogP contribution is -2.09. The second-order valence-corrected chi connectivity index (χ2v) is 7.37. The first-order valence-corrected chi connectivity index (χ1v) is 9.44. The van der Waals surface area contributed by atoms with E-state index >= 15 is 0 Å². The van der Waals surface area contributed by atoms with E-state index in [-0.39, 0.29) is 5.75 Å². The van der Waals surface area contributed by atoms with E-state index in [0.29, 0.717) is 33.2 Å². The highest BCUT2D eigenvalue weighted by molar-refractivity contribution is 6.36. The molecule has 0 amide bonds. The third-order valence-electron chi connectivity index (χ3n) is 4.10. The van der Waals surface area contributed by atoms with Crippen LogP contribution >= 0.6 is 34.8 Å². The Morgan fingerprint density at radius 1 is 0.931 bits per heavy atom. The average Bonchev–Trinajstić information content (AvgIpc) is 2.67. The number of rotatable bonds is 6. The molecule has 0 aliphatic rings.